The maximum Gasteiger partial charge on any atom is 0.306 e. The van der Waals surface area contributed by atoms with Gasteiger partial charge in [-0.1, -0.05) is 0 Å². The van der Waals surface area contributed by atoms with Crippen LogP contribution in [0.15, 0.2) is 12.1 Å². The maximum absolute atomic E-state index is 11.9. The average Bonchev–Trinajstić information content (AvgIpc) is 2.45. The van der Waals surface area contributed by atoms with Crippen molar-refractivity contribution >= 4 is 11.8 Å². The molecule has 0 bridgehead atoms. The minimum absolute atomic E-state index is 0.186. The Bertz CT molecular complexity index is 519. The first-order valence-electron chi connectivity index (χ1n) is 7.05. The average molecular weight is 276 g/mol. The number of methoxy groups -OCH3 is 1. The Morgan fingerprint density at radius 1 is 1.30 bits per heavy atom. The second-order valence-corrected chi connectivity index (χ2v) is 4.85. The molecule has 0 radical (unpaired) electrons. The summed E-state index contributed by atoms with van der Waals surface area (Å²) in [6, 6.07) is 3.66. The smallest absolute Gasteiger partial charge is 0.306 e. The van der Waals surface area contributed by atoms with Crippen LogP contribution in [0, 0.1) is 0 Å². The summed E-state index contributed by atoms with van der Waals surface area (Å²) in [6.07, 6.45) is 3.21. The lowest BCUT2D eigenvalue weighted by molar-refractivity contribution is -0.143. The fourth-order valence-corrected chi connectivity index (χ4v) is 2.70. The van der Waals surface area contributed by atoms with Crippen molar-refractivity contribution in [3.63, 3.8) is 0 Å². The first-order chi connectivity index (χ1) is 9.67. The van der Waals surface area contributed by atoms with Crippen molar-refractivity contribution in [2.45, 2.75) is 39.0 Å². The van der Waals surface area contributed by atoms with Gasteiger partial charge in [0.15, 0.2) is 5.78 Å². The number of hydrogen-bond acceptors (Lipinski definition) is 4. The number of benzene rings is 1. The van der Waals surface area contributed by atoms with Crippen molar-refractivity contribution in [3.05, 3.63) is 28.8 Å². The van der Waals surface area contributed by atoms with Crippen molar-refractivity contribution in [3.8, 4) is 5.75 Å². The summed E-state index contributed by atoms with van der Waals surface area (Å²) in [5.41, 5.74) is 2.81. The largest absolute Gasteiger partial charge is 0.496 e. The van der Waals surface area contributed by atoms with Crippen molar-refractivity contribution in [2.24, 2.45) is 0 Å². The van der Waals surface area contributed by atoms with E-state index in [9.17, 15) is 9.59 Å². The molecule has 0 aliphatic heterocycles. The van der Waals surface area contributed by atoms with Gasteiger partial charge in [-0.25, -0.2) is 0 Å². The molecule has 0 saturated carbocycles. The fourth-order valence-electron chi connectivity index (χ4n) is 2.70. The Hall–Kier alpha value is -1.84. The lowest BCUT2D eigenvalue weighted by atomic mass is 9.85. The van der Waals surface area contributed by atoms with Crippen molar-refractivity contribution < 1.29 is 19.1 Å². The second kappa shape index (κ2) is 6.55. The van der Waals surface area contributed by atoms with Crippen LogP contribution in [0.2, 0.25) is 0 Å². The van der Waals surface area contributed by atoms with E-state index in [4.69, 9.17) is 9.47 Å². The highest BCUT2D eigenvalue weighted by Gasteiger charge is 2.22. The molecule has 20 heavy (non-hydrogen) atoms. The number of carbonyl (C=O) groups excluding carboxylic acids is 2. The van der Waals surface area contributed by atoms with Gasteiger partial charge in [-0.2, -0.15) is 0 Å². The molecule has 4 heteroatoms. The molecule has 0 atom stereocenters. The highest BCUT2D eigenvalue weighted by molar-refractivity contribution is 5.99. The molecule has 0 amide bonds. The zero-order valence-electron chi connectivity index (χ0n) is 12.0. The number of ether oxygens (including phenoxy) is 2. The van der Waals surface area contributed by atoms with Gasteiger partial charge in [-0.3, -0.25) is 9.59 Å². The summed E-state index contributed by atoms with van der Waals surface area (Å²) in [4.78, 5) is 23.5. The molecular formula is C16H20O4. The Morgan fingerprint density at radius 3 is 2.80 bits per heavy atom. The van der Waals surface area contributed by atoms with E-state index in [-0.39, 0.29) is 11.8 Å². The number of esters is 1. The SMILES string of the molecule is CCOC(=O)CCc1c(OC)ccc2c1CCCC2=O. The molecule has 0 aromatic heterocycles. The number of carbonyl (C=O) groups is 2. The van der Waals surface area contributed by atoms with Crippen molar-refractivity contribution in [1.29, 1.82) is 0 Å². The van der Waals surface area contributed by atoms with Crippen LogP contribution in [0.3, 0.4) is 0 Å². The molecule has 1 aliphatic rings. The van der Waals surface area contributed by atoms with Crippen molar-refractivity contribution in [1.82, 2.24) is 0 Å². The van der Waals surface area contributed by atoms with Gasteiger partial charge in [-0.05, 0) is 49.4 Å². The summed E-state index contributed by atoms with van der Waals surface area (Å²) in [7, 11) is 1.61. The summed E-state index contributed by atoms with van der Waals surface area (Å²) < 4.78 is 10.3. The van der Waals surface area contributed by atoms with E-state index >= 15 is 0 Å². The third-order valence-electron chi connectivity index (χ3n) is 3.62. The Kier molecular flexibility index (Phi) is 4.77. The predicted molar refractivity (Wildman–Crippen MR) is 75.2 cm³/mol. The number of Topliss-reactive ketones (excluding diaryl/α,β-unsaturated/α-hetero) is 1. The van der Waals surface area contributed by atoms with E-state index in [0.29, 0.717) is 25.9 Å². The van der Waals surface area contributed by atoms with E-state index in [1.165, 1.54) is 0 Å². The Balaban J connectivity index is 2.27. The van der Waals surface area contributed by atoms with Gasteiger partial charge in [0.2, 0.25) is 0 Å². The molecule has 0 fully saturated rings. The standard InChI is InChI=1S/C16H20O4/c1-3-20-16(18)10-8-13-11-5-4-6-14(17)12(11)7-9-15(13)19-2/h7,9H,3-6,8,10H2,1-2H3. The summed E-state index contributed by atoms with van der Waals surface area (Å²) in [6.45, 7) is 2.18. The molecule has 2 rings (SSSR count). The molecule has 0 spiro atoms. The minimum Gasteiger partial charge on any atom is -0.496 e. The Morgan fingerprint density at radius 2 is 2.10 bits per heavy atom. The van der Waals surface area contributed by atoms with E-state index in [0.717, 1.165) is 35.3 Å². The molecule has 0 unspecified atom stereocenters. The quantitative estimate of drug-likeness (QED) is 0.776. The van der Waals surface area contributed by atoms with Gasteiger partial charge in [0.1, 0.15) is 5.75 Å². The van der Waals surface area contributed by atoms with E-state index in [2.05, 4.69) is 0 Å². The highest BCUT2D eigenvalue weighted by atomic mass is 16.5. The molecule has 0 heterocycles. The minimum atomic E-state index is -0.214. The zero-order chi connectivity index (χ0) is 14.5. The molecule has 1 aromatic carbocycles. The number of hydrogen-bond donors (Lipinski definition) is 0. The molecule has 108 valence electrons. The van der Waals surface area contributed by atoms with Crippen LogP contribution in [0.5, 0.6) is 5.75 Å². The lowest BCUT2D eigenvalue weighted by Gasteiger charge is -2.20. The van der Waals surface area contributed by atoms with Crippen LogP contribution in [-0.2, 0) is 22.4 Å². The van der Waals surface area contributed by atoms with Crippen LogP contribution in [-0.4, -0.2) is 25.5 Å². The van der Waals surface area contributed by atoms with Crippen LogP contribution in [0.1, 0.15) is 47.7 Å². The molecule has 1 aromatic rings. The summed E-state index contributed by atoms with van der Waals surface area (Å²) in [5, 5.41) is 0. The van der Waals surface area contributed by atoms with E-state index < -0.39 is 0 Å². The first-order valence-corrected chi connectivity index (χ1v) is 7.05. The van der Waals surface area contributed by atoms with Crippen LogP contribution >= 0.6 is 0 Å². The topological polar surface area (TPSA) is 52.6 Å². The van der Waals surface area contributed by atoms with Gasteiger partial charge in [-0.15, -0.1) is 0 Å². The normalized spacial score (nSPS) is 13.8. The summed E-state index contributed by atoms with van der Waals surface area (Å²) >= 11 is 0. The number of fused-ring (bicyclic) bond motifs is 1. The van der Waals surface area contributed by atoms with Gasteiger partial charge in [0, 0.05) is 18.4 Å². The first kappa shape index (κ1) is 14.6. The highest BCUT2D eigenvalue weighted by Crippen LogP contribution is 2.32. The fraction of sp³-hybridized carbons (Fsp3) is 0.500. The van der Waals surface area contributed by atoms with Gasteiger partial charge in [0.05, 0.1) is 13.7 Å². The van der Waals surface area contributed by atoms with E-state index in [1.54, 1.807) is 14.0 Å². The van der Waals surface area contributed by atoms with E-state index in [1.807, 2.05) is 12.1 Å². The van der Waals surface area contributed by atoms with Gasteiger partial charge < -0.3 is 9.47 Å². The second-order valence-electron chi connectivity index (χ2n) is 4.85. The molecule has 4 nitrogen and oxygen atoms in total. The predicted octanol–water partition coefficient (Wildman–Crippen LogP) is 2.71. The van der Waals surface area contributed by atoms with Crippen LogP contribution in [0.25, 0.3) is 0 Å². The molecule has 0 N–H and O–H groups in total. The zero-order valence-corrected chi connectivity index (χ0v) is 12.0. The van der Waals surface area contributed by atoms with Gasteiger partial charge in [0.25, 0.3) is 0 Å². The summed E-state index contributed by atoms with van der Waals surface area (Å²) in [5.74, 6) is 0.725. The number of rotatable bonds is 5. The van der Waals surface area contributed by atoms with Crippen LogP contribution < -0.4 is 4.74 Å². The number of ketones is 1. The molecule has 1 aliphatic carbocycles. The van der Waals surface area contributed by atoms with Gasteiger partial charge >= 0.3 is 5.97 Å². The lowest BCUT2D eigenvalue weighted by Crippen LogP contribution is -2.15. The third kappa shape index (κ3) is 3.00. The molecule has 0 saturated heterocycles. The van der Waals surface area contributed by atoms with Crippen molar-refractivity contribution in [2.75, 3.05) is 13.7 Å². The molecular weight excluding hydrogens is 256 g/mol. The third-order valence-corrected chi connectivity index (χ3v) is 3.62. The van der Waals surface area contributed by atoms with Crippen LogP contribution in [0.4, 0.5) is 0 Å². The Labute approximate surface area is 119 Å². The monoisotopic (exact) mass is 276 g/mol. The maximum atomic E-state index is 11.9.